The lowest BCUT2D eigenvalue weighted by Gasteiger charge is -1.99. The molecule has 0 fully saturated rings. The van der Waals surface area contributed by atoms with Gasteiger partial charge >= 0.3 is 0 Å². The molecule has 0 aliphatic heterocycles. The fraction of sp³-hybridized carbons (Fsp3) is 0.0667. The molecule has 0 aromatic carbocycles. The summed E-state index contributed by atoms with van der Waals surface area (Å²) < 4.78 is 7.21. The van der Waals surface area contributed by atoms with Crippen molar-refractivity contribution in [1.82, 2.24) is 19.9 Å². The molecule has 0 unspecified atom stereocenters. The second-order valence-electron chi connectivity index (χ2n) is 4.53. The highest BCUT2D eigenvalue weighted by Gasteiger charge is 2.08. The lowest BCUT2D eigenvalue weighted by atomic mass is 10.3. The van der Waals surface area contributed by atoms with Crippen molar-refractivity contribution >= 4 is 24.5 Å². The molecule has 1 N–H and O–H groups in total. The predicted octanol–water partition coefficient (Wildman–Crippen LogP) is 3.53. The Morgan fingerprint density at radius 3 is 3.00 bits per heavy atom. The van der Waals surface area contributed by atoms with Gasteiger partial charge in [0.2, 0.25) is 10.6 Å². The summed E-state index contributed by atoms with van der Waals surface area (Å²) in [7, 11) is 0. The first-order valence-corrected chi connectivity index (χ1v) is 7.00. The molecule has 0 amide bonds. The Bertz CT molecular complexity index is 859. The van der Waals surface area contributed by atoms with Crippen LogP contribution in [0.5, 0.6) is 0 Å². The molecule has 7 heteroatoms. The van der Waals surface area contributed by atoms with Crippen LogP contribution in [0.4, 0.5) is 0 Å². The van der Waals surface area contributed by atoms with Crippen molar-refractivity contribution in [3.05, 3.63) is 58.9 Å². The zero-order valence-electron chi connectivity index (χ0n) is 11.8. The third kappa shape index (κ3) is 3.09. The largest absolute Gasteiger partial charge is 0.465 e. The van der Waals surface area contributed by atoms with Crippen molar-refractivity contribution < 1.29 is 4.42 Å². The van der Waals surface area contributed by atoms with E-state index in [0.717, 1.165) is 11.3 Å². The number of aromatic nitrogens is 4. The standard InChI is InChI=1S/C15H13N5OS/c1-11(9-12-5-4-8-21-12)10-17-20-14(18-19-15(20)22)13-6-2-3-7-16-13/h2-10H,1H3,(H,19,22). The van der Waals surface area contributed by atoms with Crippen LogP contribution < -0.4 is 0 Å². The van der Waals surface area contributed by atoms with Gasteiger partial charge in [0.1, 0.15) is 11.5 Å². The molecule has 22 heavy (non-hydrogen) atoms. The first kappa shape index (κ1) is 14.2. The summed E-state index contributed by atoms with van der Waals surface area (Å²) in [6, 6.07) is 9.29. The van der Waals surface area contributed by atoms with Crippen molar-refractivity contribution in [2.45, 2.75) is 6.92 Å². The molecule has 6 nitrogen and oxygen atoms in total. The molecule has 0 radical (unpaired) electrons. The maximum Gasteiger partial charge on any atom is 0.216 e. The van der Waals surface area contributed by atoms with Gasteiger partial charge in [0, 0.05) is 6.20 Å². The van der Waals surface area contributed by atoms with E-state index >= 15 is 0 Å². The van der Waals surface area contributed by atoms with Crippen molar-refractivity contribution in [3.63, 3.8) is 0 Å². The highest BCUT2D eigenvalue weighted by Crippen LogP contribution is 2.13. The number of hydrogen-bond acceptors (Lipinski definition) is 5. The average molecular weight is 311 g/mol. The van der Waals surface area contributed by atoms with E-state index in [-0.39, 0.29) is 0 Å². The van der Waals surface area contributed by atoms with E-state index in [9.17, 15) is 0 Å². The Morgan fingerprint density at radius 2 is 2.27 bits per heavy atom. The van der Waals surface area contributed by atoms with Crippen LogP contribution in [-0.2, 0) is 0 Å². The molecule has 0 atom stereocenters. The number of hydrogen-bond donors (Lipinski definition) is 1. The van der Waals surface area contributed by atoms with Crippen LogP contribution in [0.15, 0.2) is 57.9 Å². The molecule has 0 aliphatic carbocycles. The van der Waals surface area contributed by atoms with Crippen molar-refractivity contribution in [2.24, 2.45) is 5.10 Å². The van der Waals surface area contributed by atoms with Gasteiger partial charge < -0.3 is 4.42 Å². The Hall–Kier alpha value is -2.80. The second-order valence-corrected chi connectivity index (χ2v) is 4.91. The van der Waals surface area contributed by atoms with Gasteiger partial charge in [-0.15, -0.1) is 0 Å². The number of aromatic amines is 1. The predicted molar refractivity (Wildman–Crippen MR) is 86.9 cm³/mol. The minimum Gasteiger partial charge on any atom is -0.465 e. The molecule has 3 aromatic rings. The summed E-state index contributed by atoms with van der Waals surface area (Å²) in [5, 5.41) is 11.3. The van der Waals surface area contributed by atoms with Gasteiger partial charge in [0.15, 0.2) is 0 Å². The molecule has 3 rings (SSSR count). The van der Waals surface area contributed by atoms with Gasteiger partial charge in [-0.05, 0) is 55.1 Å². The monoisotopic (exact) mass is 311 g/mol. The first-order chi connectivity index (χ1) is 10.7. The lowest BCUT2D eigenvalue weighted by molar-refractivity contribution is 0.557. The van der Waals surface area contributed by atoms with Gasteiger partial charge in [-0.2, -0.15) is 14.9 Å². The van der Waals surface area contributed by atoms with Crippen LogP contribution in [0.3, 0.4) is 0 Å². The first-order valence-electron chi connectivity index (χ1n) is 6.59. The number of nitrogens with one attached hydrogen (secondary N) is 1. The van der Waals surface area contributed by atoms with E-state index in [2.05, 4.69) is 20.3 Å². The molecular formula is C15H13N5OS. The van der Waals surface area contributed by atoms with E-state index in [1.807, 2.05) is 43.3 Å². The summed E-state index contributed by atoms with van der Waals surface area (Å²) in [5.41, 5.74) is 1.62. The van der Waals surface area contributed by atoms with Gasteiger partial charge in [-0.1, -0.05) is 6.07 Å². The Labute approximate surface area is 131 Å². The van der Waals surface area contributed by atoms with E-state index in [1.165, 1.54) is 4.68 Å². The maximum atomic E-state index is 5.26. The summed E-state index contributed by atoms with van der Waals surface area (Å²) in [5.74, 6) is 1.33. The molecule has 0 saturated carbocycles. The molecule has 0 bridgehead atoms. The van der Waals surface area contributed by atoms with E-state index < -0.39 is 0 Å². The topological polar surface area (TPSA) is 72.0 Å². The van der Waals surface area contributed by atoms with Crippen molar-refractivity contribution in [3.8, 4) is 11.5 Å². The molecule has 0 spiro atoms. The smallest absolute Gasteiger partial charge is 0.216 e. The van der Waals surface area contributed by atoms with E-state index in [1.54, 1.807) is 18.7 Å². The average Bonchev–Trinajstić information content (AvgIpc) is 3.16. The van der Waals surface area contributed by atoms with Crippen molar-refractivity contribution in [1.29, 1.82) is 0 Å². The molecular weight excluding hydrogens is 298 g/mol. The van der Waals surface area contributed by atoms with Crippen LogP contribution in [0, 0.1) is 4.77 Å². The van der Waals surface area contributed by atoms with Gasteiger partial charge in [0.05, 0.1) is 12.5 Å². The fourth-order valence-electron chi connectivity index (χ4n) is 1.84. The van der Waals surface area contributed by atoms with Crippen molar-refractivity contribution in [2.75, 3.05) is 0 Å². The molecule has 3 aromatic heterocycles. The maximum absolute atomic E-state index is 5.26. The van der Waals surface area contributed by atoms with Crippen LogP contribution in [0.2, 0.25) is 0 Å². The molecule has 3 heterocycles. The summed E-state index contributed by atoms with van der Waals surface area (Å²) in [6.07, 6.45) is 6.90. The molecule has 0 saturated heterocycles. The summed E-state index contributed by atoms with van der Waals surface area (Å²) in [6.45, 7) is 1.93. The number of furan rings is 1. The normalized spacial score (nSPS) is 12.1. The Kier molecular flexibility index (Phi) is 4.06. The lowest BCUT2D eigenvalue weighted by Crippen LogP contribution is -1.96. The molecule has 110 valence electrons. The summed E-state index contributed by atoms with van der Waals surface area (Å²) >= 11 is 5.21. The third-order valence-electron chi connectivity index (χ3n) is 2.83. The zero-order chi connectivity index (χ0) is 15.4. The number of allylic oxidation sites excluding steroid dienone is 1. The highest BCUT2D eigenvalue weighted by molar-refractivity contribution is 7.71. The zero-order valence-corrected chi connectivity index (χ0v) is 12.6. The number of rotatable bonds is 4. The van der Waals surface area contributed by atoms with Gasteiger partial charge in [-0.3, -0.25) is 4.98 Å². The van der Waals surface area contributed by atoms with Crippen LogP contribution >= 0.6 is 12.2 Å². The molecule has 0 aliphatic rings. The van der Waals surface area contributed by atoms with Gasteiger partial charge in [0.25, 0.3) is 0 Å². The Balaban J connectivity index is 1.91. The minimum absolute atomic E-state index is 0.405. The SMILES string of the molecule is CC(C=Nn1c(-c2ccccn2)n[nH]c1=S)=Cc1ccco1. The van der Waals surface area contributed by atoms with E-state index in [4.69, 9.17) is 16.6 Å². The van der Waals surface area contributed by atoms with Crippen LogP contribution in [0.25, 0.3) is 17.6 Å². The second kappa shape index (κ2) is 6.31. The third-order valence-corrected chi connectivity index (χ3v) is 3.10. The van der Waals surface area contributed by atoms with E-state index in [0.29, 0.717) is 16.3 Å². The number of pyridine rings is 1. The minimum atomic E-state index is 0.405. The Morgan fingerprint density at radius 1 is 1.36 bits per heavy atom. The fourth-order valence-corrected chi connectivity index (χ4v) is 2.02. The number of nitrogens with zero attached hydrogens (tertiary/aromatic N) is 4. The van der Waals surface area contributed by atoms with Gasteiger partial charge in [-0.25, -0.2) is 5.10 Å². The van der Waals surface area contributed by atoms with Crippen LogP contribution in [-0.4, -0.2) is 26.1 Å². The van der Waals surface area contributed by atoms with Crippen LogP contribution in [0.1, 0.15) is 12.7 Å². The summed E-state index contributed by atoms with van der Waals surface area (Å²) in [4.78, 5) is 4.26. The highest BCUT2D eigenvalue weighted by atomic mass is 32.1. The number of H-pyrrole nitrogens is 1. The quantitative estimate of drug-likeness (QED) is 0.591.